The van der Waals surface area contributed by atoms with Crippen LogP contribution in [0.2, 0.25) is 0 Å². The SMILES string of the molecule is Cc1ccc2cc(C(=N)N)ccc2c1. The Morgan fingerprint density at radius 3 is 2.43 bits per heavy atom. The Bertz CT molecular complexity index is 501. The molecule has 0 aliphatic rings. The van der Waals surface area contributed by atoms with Crippen molar-refractivity contribution in [3.8, 4) is 0 Å². The van der Waals surface area contributed by atoms with Crippen LogP contribution in [0.25, 0.3) is 10.8 Å². The lowest BCUT2D eigenvalue weighted by atomic mass is 10.0. The number of rotatable bonds is 1. The number of nitrogens with two attached hydrogens (primary N) is 1. The van der Waals surface area contributed by atoms with Crippen molar-refractivity contribution >= 4 is 16.6 Å². The largest absolute Gasteiger partial charge is 0.384 e. The minimum absolute atomic E-state index is 0.118. The molecule has 0 heterocycles. The van der Waals surface area contributed by atoms with E-state index in [0.717, 1.165) is 10.9 Å². The predicted octanol–water partition coefficient (Wildman–Crippen LogP) is 2.43. The van der Waals surface area contributed by atoms with E-state index in [1.54, 1.807) is 0 Å². The molecular weight excluding hydrogens is 172 g/mol. The van der Waals surface area contributed by atoms with Crippen molar-refractivity contribution in [3.05, 3.63) is 47.5 Å². The molecule has 0 radical (unpaired) electrons. The maximum atomic E-state index is 7.33. The summed E-state index contributed by atoms with van der Waals surface area (Å²) in [5.41, 5.74) is 7.44. The molecule has 0 aliphatic heterocycles. The van der Waals surface area contributed by atoms with E-state index in [1.807, 2.05) is 18.2 Å². The summed E-state index contributed by atoms with van der Waals surface area (Å²) >= 11 is 0. The second kappa shape index (κ2) is 3.14. The highest BCUT2D eigenvalue weighted by Crippen LogP contribution is 2.17. The van der Waals surface area contributed by atoms with E-state index in [4.69, 9.17) is 11.1 Å². The molecule has 0 unspecified atom stereocenters. The number of amidine groups is 1. The molecule has 0 spiro atoms. The Kier molecular flexibility index (Phi) is 1.97. The number of fused-ring (bicyclic) bond motifs is 1. The fourth-order valence-corrected chi connectivity index (χ4v) is 1.53. The molecule has 0 aliphatic carbocycles. The number of benzene rings is 2. The van der Waals surface area contributed by atoms with Gasteiger partial charge in [0.1, 0.15) is 5.84 Å². The fraction of sp³-hybridized carbons (Fsp3) is 0.0833. The van der Waals surface area contributed by atoms with Gasteiger partial charge in [0.05, 0.1) is 0 Å². The summed E-state index contributed by atoms with van der Waals surface area (Å²) in [7, 11) is 0. The van der Waals surface area contributed by atoms with E-state index in [-0.39, 0.29) is 5.84 Å². The van der Waals surface area contributed by atoms with Gasteiger partial charge in [-0.2, -0.15) is 0 Å². The normalized spacial score (nSPS) is 10.4. The molecule has 0 aromatic heterocycles. The van der Waals surface area contributed by atoms with Gasteiger partial charge in [0.15, 0.2) is 0 Å². The molecule has 0 saturated carbocycles. The number of hydrogen-bond acceptors (Lipinski definition) is 1. The molecule has 0 saturated heterocycles. The average Bonchev–Trinajstić information content (AvgIpc) is 2.16. The van der Waals surface area contributed by atoms with Crippen LogP contribution in [-0.4, -0.2) is 5.84 Å². The first-order valence-electron chi connectivity index (χ1n) is 4.51. The Hall–Kier alpha value is -1.83. The molecule has 14 heavy (non-hydrogen) atoms. The van der Waals surface area contributed by atoms with Gasteiger partial charge in [0.25, 0.3) is 0 Å². The van der Waals surface area contributed by atoms with Crippen LogP contribution in [0.1, 0.15) is 11.1 Å². The quantitative estimate of drug-likeness (QED) is 0.519. The van der Waals surface area contributed by atoms with Gasteiger partial charge in [-0.05, 0) is 23.8 Å². The minimum Gasteiger partial charge on any atom is -0.384 e. The zero-order valence-corrected chi connectivity index (χ0v) is 8.04. The first-order chi connectivity index (χ1) is 6.66. The van der Waals surface area contributed by atoms with Gasteiger partial charge in [0, 0.05) is 5.56 Å². The van der Waals surface area contributed by atoms with Crippen molar-refractivity contribution < 1.29 is 0 Å². The van der Waals surface area contributed by atoms with E-state index >= 15 is 0 Å². The van der Waals surface area contributed by atoms with Crippen LogP contribution < -0.4 is 5.73 Å². The molecule has 0 amide bonds. The first kappa shape index (κ1) is 8.75. The molecule has 70 valence electrons. The van der Waals surface area contributed by atoms with Crippen molar-refractivity contribution in [2.75, 3.05) is 0 Å². The van der Waals surface area contributed by atoms with Crippen molar-refractivity contribution in [2.24, 2.45) is 5.73 Å². The van der Waals surface area contributed by atoms with Gasteiger partial charge in [-0.25, -0.2) is 0 Å². The molecule has 0 fully saturated rings. The van der Waals surface area contributed by atoms with Gasteiger partial charge in [-0.1, -0.05) is 35.9 Å². The van der Waals surface area contributed by atoms with E-state index < -0.39 is 0 Å². The van der Waals surface area contributed by atoms with Crippen molar-refractivity contribution in [1.29, 1.82) is 5.41 Å². The van der Waals surface area contributed by atoms with Gasteiger partial charge in [-0.15, -0.1) is 0 Å². The zero-order chi connectivity index (χ0) is 10.1. The second-order valence-electron chi connectivity index (χ2n) is 3.48. The Morgan fingerprint density at radius 2 is 1.71 bits per heavy atom. The highest BCUT2D eigenvalue weighted by Gasteiger charge is 1.98. The summed E-state index contributed by atoms with van der Waals surface area (Å²) < 4.78 is 0. The Morgan fingerprint density at radius 1 is 1.07 bits per heavy atom. The molecular formula is C12H12N2. The summed E-state index contributed by atoms with van der Waals surface area (Å²) in [6, 6.07) is 12.1. The van der Waals surface area contributed by atoms with Crippen molar-refractivity contribution in [1.82, 2.24) is 0 Å². The highest BCUT2D eigenvalue weighted by atomic mass is 14.7. The standard InChI is InChI=1S/C12H12N2/c1-8-2-3-10-7-11(12(13)14)5-4-9(10)6-8/h2-7H,1H3,(H3,13,14). The summed E-state index contributed by atoms with van der Waals surface area (Å²) in [6.45, 7) is 2.07. The number of aryl methyl sites for hydroxylation is 1. The van der Waals surface area contributed by atoms with Crippen molar-refractivity contribution in [2.45, 2.75) is 6.92 Å². The van der Waals surface area contributed by atoms with Crippen LogP contribution in [0.15, 0.2) is 36.4 Å². The molecule has 2 heteroatoms. The lowest BCUT2D eigenvalue weighted by molar-refractivity contribution is 1.43. The number of hydrogen-bond donors (Lipinski definition) is 2. The maximum Gasteiger partial charge on any atom is 0.122 e. The molecule has 2 aromatic carbocycles. The van der Waals surface area contributed by atoms with Crippen LogP contribution in [0.4, 0.5) is 0 Å². The Balaban J connectivity index is 2.67. The van der Waals surface area contributed by atoms with E-state index in [0.29, 0.717) is 0 Å². The Labute approximate surface area is 82.9 Å². The number of nitrogen functional groups attached to an aromatic ring is 1. The lowest BCUT2D eigenvalue weighted by Gasteiger charge is -2.02. The highest BCUT2D eigenvalue weighted by molar-refractivity contribution is 5.99. The van der Waals surface area contributed by atoms with E-state index in [2.05, 4.69) is 25.1 Å². The third kappa shape index (κ3) is 1.46. The predicted molar refractivity (Wildman–Crippen MR) is 59.7 cm³/mol. The third-order valence-electron chi connectivity index (χ3n) is 2.31. The van der Waals surface area contributed by atoms with Crippen LogP contribution in [0.3, 0.4) is 0 Å². The molecule has 2 aromatic rings. The van der Waals surface area contributed by atoms with Crippen LogP contribution >= 0.6 is 0 Å². The van der Waals surface area contributed by atoms with E-state index in [1.165, 1.54) is 10.9 Å². The van der Waals surface area contributed by atoms with Gasteiger partial charge in [-0.3, -0.25) is 5.41 Å². The van der Waals surface area contributed by atoms with Gasteiger partial charge < -0.3 is 5.73 Å². The lowest BCUT2D eigenvalue weighted by Crippen LogP contribution is -2.10. The second-order valence-corrected chi connectivity index (χ2v) is 3.48. The smallest absolute Gasteiger partial charge is 0.122 e. The van der Waals surface area contributed by atoms with Crippen LogP contribution in [0, 0.1) is 12.3 Å². The third-order valence-corrected chi connectivity index (χ3v) is 2.31. The van der Waals surface area contributed by atoms with E-state index in [9.17, 15) is 0 Å². The zero-order valence-electron chi connectivity index (χ0n) is 8.04. The average molecular weight is 184 g/mol. The van der Waals surface area contributed by atoms with Crippen molar-refractivity contribution in [3.63, 3.8) is 0 Å². The summed E-state index contributed by atoms with van der Waals surface area (Å²) in [5.74, 6) is 0.118. The fourth-order valence-electron chi connectivity index (χ4n) is 1.53. The minimum atomic E-state index is 0.118. The topological polar surface area (TPSA) is 49.9 Å². The molecule has 0 bridgehead atoms. The van der Waals surface area contributed by atoms with Gasteiger partial charge >= 0.3 is 0 Å². The molecule has 3 N–H and O–H groups in total. The summed E-state index contributed by atoms with van der Waals surface area (Å²) in [4.78, 5) is 0. The molecule has 0 atom stereocenters. The van der Waals surface area contributed by atoms with Gasteiger partial charge in [0.2, 0.25) is 0 Å². The van der Waals surface area contributed by atoms with Crippen LogP contribution in [-0.2, 0) is 0 Å². The van der Waals surface area contributed by atoms with Crippen LogP contribution in [0.5, 0.6) is 0 Å². The molecule has 2 nitrogen and oxygen atoms in total. The molecule has 2 rings (SSSR count). The first-order valence-corrected chi connectivity index (χ1v) is 4.51. The summed E-state index contributed by atoms with van der Waals surface area (Å²) in [6.07, 6.45) is 0. The monoisotopic (exact) mass is 184 g/mol. The maximum absolute atomic E-state index is 7.33. The summed E-state index contributed by atoms with van der Waals surface area (Å²) in [5, 5.41) is 9.65. The number of nitrogens with one attached hydrogen (secondary N) is 1.